The molecule has 0 bridgehead atoms. The average Bonchev–Trinajstić information content (AvgIpc) is 2.40. The normalized spacial score (nSPS) is 19.6. The van der Waals surface area contributed by atoms with E-state index in [2.05, 4.69) is 17.2 Å². The Hall–Kier alpha value is -1.39. The zero-order valence-corrected chi connectivity index (χ0v) is 11.5. The lowest BCUT2D eigenvalue weighted by atomic mass is 9.98. The van der Waals surface area contributed by atoms with Gasteiger partial charge in [-0.05, 0) is 25.7 Å². The zero-order valence-electron chi connectivity index (χ0n) is 11.5. The molecule has 2 heterocycles. The highest BCUT2D eigenvalue weighted by molar-refractivity contribution is 5.50. The molecular weight excluding hydrogens is 248 g/mol. The molecule has 1 aromatic rings. The molecule has 1 aliphatic rings. The summed E-state index contributed by atoms with van der Waals surface area (Å²) in [5.41, 5.74) is 0. The minimum absolute atomic E-state index is 0.109. The highest BCUT2D eigenvalue weighted by Gasteiger charge is 2.26. The monoisotopic (exact) mass is 269 g/mol. The molecule has 1 N–H and O–H groups in total. The Morgan fingerprint density at radius 1 is 1.37 bits per heavy atom. The maximum absolute atomic E-state index is 14.0. The third kappa shape index (κ3) is 2.96. The van der Waals surface area contributed by atoms with E-state index < -0.39 is 11.6 Å². The van der Waals surface area contributed by atoms with Gasteiger partial charge < -0.3 is 10.2 Å². The fraction of sp³-hybridized carbons (Fsp3) is 0.643. The van der Waals surface area contributed by atoms with Gasteiger partial charge in [0.15, 0.2) is 23.3 Å². The van der Waals surface area contributed by atoms with Gasteiger partial charge >= 0.3 is 0 Å². The molecular formula is C14H21F2N3. The van der Waals surface area contributed by atoms with Crippen molar-refractivity contribution in [2.24, 2.45) is 0 Å². The Labute approximate surface area is 113 Å². The summed E-state index contributed by atoms with van der Waals surface area (Å²) in [6, 6.07) is 1.24. The molecule has 19 heavy (non-hydrogen) atoms. The van der Waals surface area contributed by atoms with E-state index >= 15 is 0 Å². The van der Waals surface area contributed by atoms with Gasteiger partial charge in [0, 0.05) is 25.7 Å². The van der Waals surface area contributed by atoms with Gasteiger partial charge in [-0.15, -0.1) is 0 Å². The maximum Gasteiger partial charge on any atom is 0.168 e. The standard InChI is InChI=1S/C14H21F2N3/c1-3-6-10-7-4-5-8-19(10)14-12(16)9-11(15)13(17-2)18-14/h9-10H,3-8H2,1-2H3,(H,17,18). The molecule has 0 radical (unpaired) electrons. The average molecular weight is 269 g/mol. The molecule has 1 saturated heterocycles. The zero-order chi connectivity index (χ0) is 13.8. The number of nitrogens with one attached hydrogen (secondary N) is 1. The number of halogens is 2. The summed E-state index contributed by atoms with van der Waals surface area (Å²) in [7, 11) is 1.59. The van der Waals surface area contributed by atoms with Gasteiger partial charge in [-0.25, -0.2) is 13.8 Å². The van der Waals surface area contributed by atoms with Gasteiger partial charge in [0.2, 0.25) is 0 Å². The second-order valence-electron chi connectivity index (χ2n) is 5.01. The molecule has 0 aliphatic carbocycles. The molecule has 0 saturated carbocycles. The maximum atomic E-state index is 14.0. The third-order valence-corrected chi connectivity index (χ3v) is 3.67. The summed E-state index contributed by atoms with van der Waals surface area (Å²) in [6.07, 6.45) is 5.34. The molecule has 1 atom stereocenters. The van der Waals surface area contributed by atoms with Crippen molar-refractivity contribution in [2.75, 3.05) is 23.8 Å². The van der Waals surface area contributed by atoms with Gasteiger partial charge in [0.05, 0.1) is 0 Å². The Morgan fingerprint density at radius 2 is 2.16 bits per heavy atom. The van der Waals surface area contributed by atoms with Crippen molar-refractivity contribution in [3.63, 3.8) is 0 Å². The van der Waals surface area contributed by atoms with E-state index in [-0.39, 0.29) is 11.6 Å². The fourth-order valence-corrected chi connectivity index (χ4v) is 2.75. The molecule has 106 valence electrons. The number of pyridine rings is 1. The van der Waals surface area contributed by atoms with Crippen LogP contribution in [0.25, 0.3) is 0 Å². The Bertz CT molecular complexity index is 435. The number of rotatable bonds is 4. The van der Waals surface area contributed by atoms with E-state index in [0.717, 1.165) is 38.3 Å². The summed E-state index contributed by atoms with van der Waals surface area (Å²) in [4.78, 5) is 6.11. The predicted molar refractivity (Wildman–Crippen MR) is 73.6 cm³/mol. The largest absolute Gasteiger partial charge is 0.371 e. The summed E-state index contributed by atoms with van der Waals surface area (Å²) in [5.74, 6) is -0.826. The van der Waals surface area contributed by atoms with Crippen LogP contribution in [-0.2, 0) is 0 Å². The molecule has 3 nitrogen and oxygen atoms in total. The van der Waals surface area contributed by atoms with Crippen LogP contribution in [0.1, 0.15) is 39.0 Å². The highest BCUT2D eigenvalue weighted by Crippen LogP contribution is 2.29. The first kappa shape index (κ1) is 14.0. The number of piperidine rings is 1. The minimum atomic E-state index is -0.646. The molecule has 1 aromatic heterocycles. The van der Waals surface area contributed by atoms with E-state index in [1.807, 2.05) is 4.90 Å². The summed E-state index contributed by atoms with van der Waals surface area (Å²) in [5, 5.41) is 2.67. The summed E-state index contributed by atoms with van der Waals surface area (Å²) in [6.45, 7) is 2.92. The van der Waals surface area contributed by atoms with Gasteiger partial charge in [0.1, 0.15) is 0 Å². The molecule has 0 amide bonds. The van der Waals surface area contributed by atoms with Crippen LogP contribution in [0, 0.1) is 11.6 Å². The number of hydrogen-bond donors (Lipinski definition) is 1. The third-order valence-electron chi connectivity index (χ3n) is 3.67. The van der Waals surface area contributed by atoms with Crippen LogP contribution >= 0.6 is 0 Å². The van der Waals surface area contributed by atoms with Crippen molar-refractivity contribution in [3.05, 3.63) is 17.7 Å². The van der Waals surface area contributed by atoms with Crippen molar-refractivity contribution < 1.29 is 8.78 Å². The van der Waals surface area contributed by atoms with E-state index in [1.165, 1.54) is 6.42 Å². The van der Waals surface area contributed by atoms with Crippen LogP contribution < -0.4 is 10.2 Å². The van der Waals surface area contributed by atoms with Crippen LogP contribution in [-0.4, -0.2) is 24.6 Å². The smallest absolute Gasteiger partial charge is 0.168 e. The van der Waals surface area contributed by atoms with E-state index in [9.17, 15) is 8.78 Å². The lowest BCUT2D eigenvalue weighted by Gasteiger charge is -2.37. The van der Waals surface area contributed by atoms with Gasteiger partial charge in [-0.1, -0.05) is 13.3 Å². The summed E-state index contributed by atoms with van der Waals surface area (Å²) < 4.78 is 27.5. The first-order chi connectivity index (χ1) is 9.17. The quantitative estimate of drug-likeness (QED) is 0.906. The predicted octanol–water partition coefficient (Wildman–Crippen LogP) is 3.56. The molecule has 1 unspecified atom stereocenters. The number of anilines is 2. The first-order valence-electron chi connectivity index (χ1n) is 6.97. The van der Waals surface area contributed by atoms with Gasteiger partial charge in [0.25, 0.3) is 0 Å². The second kappa shape index (κ2) is 6.17. The molecule has 0 aromatic carbocycles. The molecule has 2 rings (SSSR count). The fourth-order valence-electron chi connectivity index (χ4n) is 2.75. The Balaban J connectivity index is 2.32. The van der Waals surface area contributed by atoms with Crippen LogP contribution in [0.3, 0.4) is 0 Å². The van der Waals surface area contributed by atoms with Crippen LogP contribution in [0.15, 0.2) is 6.07 Å². The van der Waals surface area contributed by atoms with Crippen molar-refractivity contribution in [2.45, 2.75) is 45.1 Å². The van der Waals surface area contributed by atoms with Crippen LogP contribution in [0.5, 0.6) is 0 Å². The molecule has 5 heteroatoms. The SMILES string of the molecule is CCCC1CCCCN1c1nc(NC)c(F)cc1F. The van der Waals surface area contributed by atoms with E-state index in [1.54, 1.807) is 7.05 Å². The first-order valence-corrected chi connectivity index (χ1v) is 6.97. The van der Waals surface area contributed by atoms with Crippen molar-refractivity contribution >= 4 is 11.6 Å². The van der Waals surface area contributed by atoms with Crippen LogP contribution in [0.2, 0.25) is 0 Å². The van der Waals surface area contributed by atoms with E-state index in [0.29, 0.717) is 6.04 Å². The lowest BCUT2D eigenvalue weighted by Crippen LogP contribution is -2.40. The Kier molecular flexibility index (Phi) is 4.56. The van der Waals surface area contributed by atoms with Crippen molar-refractivity contribution in [3.8, 4) is 0 Å². The number of aromatic nitrogens is 1. The topological polar surface area (TPSA) is 28.2 Å². The molecule has 1 fully saturated rings. The minimum Gasteiger partial charge on any atom is -0.371 e. The number of hydrogen-bond acceptors (Lipinski definition) is 3. The number of nitrogens with zero attached hydrogens (tertiary/aromatic N) is 2. The molecule has 1 aliphatic heterocycles. The van der Waals surface area contributed by atoms with Crippen molar-refractivity contribution in [1.82, 2.24) is 4.98 Å². The lowest BCUT2D eigenvalue weighted by molar-refractivity contribution is 0.424. The Morgan fingerprint density at radius 3 is 2.84 bits per heavy atom. The van der Waals surface area contributed by atoms with Crippen LogP contribution in [0.4, 0.5) is 20.4 Å². The van der Waals surface area contributed by atoms with E-state index in [4.69, 9.17) is 0 Å². The van der Waals surface area contributed by atoms with Gasteiger partial charge in [-0.3, -0.25) is 0 Å². The summed E-state index contributed by atoms with van der Waals surface area (Å²) >= 11 is 0. The van der Waals surface area contributed by atoms with Crippen molar-refractivity contribution in [1.29, 1.82) is 0 Å². The second-order valence-corrected chi connectivity index (χ2v) is 5.01. The highest BCUT2D eigenvalue weighted by atomic mass is 19.1. The molecule has 0 spiro atoms. The van der Waals surface area contributed by atoms with Gasteiger partial charge in [-0.2, -0.15) is 0 Å².